The zero-order valence-electron chi connectivity index (χ0n) is 18.2. The number of fused-ring (bicyclic) bond motifs is 2. The van der Waals surface area contributed by atoms with E-state index in [4.69, 9.17) is 4.98 Å². The molecule has 6 rings (SSSR count). The van der Waals surface area contributed by atoms with Gasteiger partial charge in [-0.1, -0.05) is 6.08 Å². The maximum Gasteiger partial charge on any atom is 0.256 e. The normalized spacial score (nSPS) is 25.8. The number of aromatic nitrogens is 2. The van der Waals surface area contributed by atoms with Crippen molar-refractivity contribution in [2.24, 2.45) is 10.9 Å². The number of allylic oxidation sites excluding steroid dienone is 1. The van der Waals surface area contributed by atoms with Crippen LogP contribution >= 0.6 is 0 Å². The molecule has 1 aromatic heterocycles. The van der Waals surface area contributed by atoms with Crippen molar-refractivity contribution in [3.63, 3.8) is 0 Å². The van der Waals surface area contributed by atoms with Gasteiger partial charge in [-0.05, 0) is 51.4 Å². The smallest absolute Gasteiger partial charge is 0.256 e. The van der Waals surface area contributed by atoms with Crippen molar-refractivity contribution < 1.29 is 13.2 Å². The van der Waals surface area contributed by atoms with Crippen LogP contribution in [0.2, 0.25) is 0 Å². The second-order valence-corrected chi connectivity index (χ2v) is 11.6. The van der Waals surface area contributed by atoms with Crippen molar-refractivity contribution in [1.82, 2.24) is 14.3 Å². The third-order valence-electron chi connectivity index (χ3n) is 7.64. The Morgan fingerprint density at radius 2 is 1.94 bits per heavy atom. The van der Waals surface area contributed by atoms with Crippen LogP contribution in [0.5, 0.6) is 0 Å². The number of hydrogen-bond donors (Lipinski definition) is 1. The van der Waals surface area contributed by atoms with Crippen molar-refractivity contribution in [3.05, 3.63) is 24.0 Å². The fourth-order valence-electron chi connectivity index (χ4n) is 5.27. The second-order valence-electron chi connectivity index (χ2n) is 9.70. The molecule has 1 spiro atoms. The van der Waals surface area contributed by atoms with E-state index < -0.39 is 10.0 Å². The number of carbonyl (C=O) groups excluding carboxylic acids is 1. The van der Waals surface area contributed by atoms with Crippen molar-refractivity contribution in [2.75, 3.05) is 23.3 Å². The van der Waals surface area contributed by atoms with Gasteiger partial charge in [0.1, 0.15) is 5.82 Å². The van der Waals surface area contributed by atoms with E-state index in [1.807, 2.05) is 11.1 Å². The average molecular weight is 457 g/mol. The van der Waals surface area contributed by atoms with E-state index in [2.05, 4.69) is 22.2 Å². The predicted octanol–water partition coefficient (Wildman–Crippen LogP) is 2.18. The highest BCUT2D eigenvalue weighted by Gasteiger charge is 2.61. The molecule has 1 amide bonds. The summed E-state index contributed by atoms with van der Waals surface area (Å²) in [6.07, 6.45) is 11.0. The highest BCUT2D eigenvalue weighted by atomic mass is 32.2. The highest BCUT2D eigenvalue weighted by Crippen LogP contribution is 2.58. The van der Waals surface area contributed by atoms with Gasteiger partial charge in [0.25, 0.3) is 10.0 Å². The number of hydrogen-bond acceptors (Lipinski definition) is 7. The summed E-state index contributed by atoms with van der Waals surface area (Å²) in [4.78, 5) is 28.5. The first-order chi connectivity index (χ1) is 15.4. The highest BCUT2D eigenvalue weighted by molar-refractivity contribution is 8.04. The van der Waals surface area contributed by atoms with E-state index in [0.717, 1.165) is 24.2 Å². The fraction of sp³-hybridized carbons (Fsp3) is 0.636. The number of amides is 1. The summed E-state index contributed by atoms with van der Waals surface area (Å²) in [5, 5.41) is 3.63. The van der Waals surface area contributed by atoms with Gasteiger partial charge in [-0.2, -0.15) is 9.29 Å². The zero-order chi connectivity index (χ0) is 22.1. The maximum absolute atomic E-state index is 13.2. The number of aliphatic imine (C=N–C) groups is 1. The Labute approximate surface area is 188 Å². The Balaban J connectivity index is 1.16. The van der Waals surface area contributed by atoms with Crippen LogP contribution in [0.25, 0.3) is 0 Å². The quantitative estimate of drug-likeness (QED) is 0.728. The van der Waals surface area contributed by atoms with Crippen LogP contribution in [0.15, 0.2) is 23.5 Å². The van der Waals surface area contributed by atoms with Crippen LogP contribution in [0, 0.1) is 5.92 Å². The van der Waals surface area contributed by atoms with E-state index in [1.165, 1.54) is 17.1 Å². The van der Waals surface area contributed by atoms with Crippen LogP contribution in [0.1, 0.15) is 57.4 Å². The first-order valence-corrected chi connectivity index (χ1v) is 13.0. The SMILES string of the molecule is C[C@@H](C1CC1)N1C(=O)C2(CC2)c2cnc(NC3CCN(S(=O)(=O)C4=NC=CC4)CC3)nc21. The molecule has 1 saturated heterocycles. The molecular weight excluding hydrogens is 428 g/mol. The second kappa shape index (κ2) is 7.08. The average Bonchev–Trinajstić information content (AvgIpc) is 3.70. The van der Waals surface area contributed by atoms with Gasteiger partial charge < -0.3 is 5.32 Å². The molecule has 3 aliphatic heterocycles. The molecule has 2 aliphatic carbocycles. The number of piperidine rings is 1. The van der Waals surface area contributed by atoms with Crippen molar-refractivity contribution >= 4 is 32.7 Å². The molecule has 0 aromatic carbocycles. The third-order valence-corrected chi connectivity index (χ3v) is 9.56. The number of carbonyl (C=O) groups is 1. The summed E-state index contributed by atoms with van der Waals surface area (Å²) >= 11 is 0. The molecule has 10 heteroatoms. The minimum Gasteiger partial charge on any atom is -0.351 e. The monoisotopic (exact) mass is 456 g/mol. The number of rotatable bonds is 5. The van der Waals surface area contributed by atoms with Gasteiger partial charge in [-0.25, -0.2) is 18.4 Å². The van der Waals surface area contributed by atoms with Crippen molar-refractivity contribution in [3.8, 4) is 0 Å². The molecule has 0 radical (unpaired) electrons. The van der Waals surface area contributed by atoms with Gasteiger partial charge >= 0.3 is 0 Å². The summed E-state index contributed by atoms with van der Waals surface area (Å²) in [5.74, 6) is 2.06. The maximum atomic E-state index is 13.2. The number of anilines is 2. The van der Waals surface area contributed by atoms with Crippen LogP contribution in [-0.4, -0.2) is 58.8 Å². The van der Waals surface area contributed by atoms with E-state index in [-0.39, 0.29) is 28.4 Å². The Morgan fingerprint density at radius 3 is 2.56 bits per heavy atom. The predicted molar refractivity (Wildman–Crippen MR) is 121 cm³/mol. The largest absolute Gasteiger partial charge is 0.351 e. The van der Waals surface area contributed by atoms with E-state index in [1.54, 1.807) is 12.3 Å². The summed E-state index contributed by atoms with van der Waals surface area (Å²) in [7, 11) is -3.48. The molecule has 0 unspecified atom stereocenters. The van der Waals surface area contributed by atoms with Gasteiger partial charge in [0.2, 0.25) is 11.9 Å². The molecule has 2 saturated carbocycles. The van der Waals surface area contributed by atoms with Crippen LogP contribution in [0.3, 0.4) is 0 Å². The Morgan fingerprint density at radius 1 is 1.19 bits per heavy atom. The van der Waals surface area contributed by atoms with Crippen LogP contribution < -0.4 is 10.2 Å². The first-order valence-electron chi connectivity index (χ1n) is 11.6. The lowest BCUT2D eigenvalue weighted by Crippen LogP contribution is -2.44. The summed E-state index contributed by atoms with van der Waals surface area (Å²) in [6, 6.07) is 0.259. The lowest BCUT2D eigenvalue weighted by molar-refractivity contribution is -0.120. The topological polar surface area (TPSA) is 108 Å². The molecule has 1 N–H and O–H groups in total. The molecule has 5 aliphatic rings. The number of nitrogens with zero attached hydrogens (tertiary/aromatic N) is 5. The molecular formula is C22H28N6O3S. The van der Waals surface area contributed by atoms with Gasteiger partial charge in [-0.3, -0.25) is 9.69 Å². The first kappa shape index (κ1) is 20.3. The summed E-state index contributed by atoms with van der Waals surface area (Å²) in [6.45, 7) is 3.02. The Bertz CT molecular complexity index is 1130. The minimum absolute atomic E-state index is 0.0874. The zero-order valence-corrected chi connectivity index (χ0v) is 19.0. The van der Waals surface area contributed by atoms with E-state index in [0.29, 0.717) is 44.2 Å². The molecule has 3 fully saturated rings. The molecule has 4 heterocycles. The van der Waals surface area contributed by atoms with Crippen LogP contribution in [0.4, 0.5) is 11.8 Å². The molecule has 0 bridgehead atoms. The lowest BCUT2D eigenvalue weighted by Gasteiger charge is -2.31. The summed E-state index contributed by atoms with van der Waals surface area (Å²) < 4.78 is 26.9. The fourth-order valence-corrected chi connectivity index (χ4v) is 6.76. The molecule has 170 valence electrons. The van der Waals surface area contributed by atoms with Crippen molar-refractivity contribution in [2.45, 2.75) is 69.4 Å². The molecule has 9 nitrogen and oxygen atoms in total. The van der Waals surface area contributed by atoms with Crippen molar-refractivity contribution in [1.29, 1.82) is 0 Å². The molecule has 1 atom stereocenters. The van der Waals surface area contributed by atoms with Gasteiger partial charge in [-0.15, -0.1) is 0 Å². The van der Waals surface area contributed by atoms with Crippen LogP contribution in [-0.2, 0) is 20.2 Å². The van der Waals surface area contributed by atoms with Gasteiger partial charge in [0.05, 0.1) is 5.41 Å². The van der Waals surface area contributed by atoms with E-state index in [9.17, 15) is 13.2 Å². The minimum atomic E-state index is -3.48. The molecule has 32 heavy (non-hydrogen) atoms. The van der Waals surface area contributed by atoms with Gasteiger partial charge in [0, 0.05) is 49.6 Å². The number of nitrogens with one attached hydrogen (secondary N) is 1. The van der Waals surface area contributed by atoms with Gasteiger partial charge in [0.15, 0.2) is 5.04 Å². The van der Waals surface area contributed by atoms with E-state index >= 15 is 0 Å². The Kier molecular flexibility index (Phi) is 4.49. The standard InChI is InChI=1S/C22H28N6O3S/c1-14(15-4-5-15)28-19-17(22(8-9-22)20(28)29)13-24-21(26-19)25-16-6-11-27(12-7-16)32(30,31)18-3-2-10-23-18/h2,10,13-16H,3-9,11-12H2,1H3,(H,24,25,26)/t14-/m0/s1. The third kappa shape index (κ3) is 3.10. The molecule has 1 aromatic rings. The summed E-state index contributed by atoms with van der Waals surface area (Å²) in [5.41, 5.74) is 0.599. The lowest BCUT2D eigenvalue weighted by atomic mass is 10.0. The Hall–Kier alpha value is -2.33. The number of sulfonamides is 1.